The van der Waals surface area contributed by atoms with Crippen molar-refractivity contribution >= 4 is 43.9 Å². The summed E-state index contributed by atoms with van der Waals surface area (Å²) in [6.07, 6.45) is 7.11. The van der Waals surface area contributed by atoms with Gasteiger partial charge in [0.25, 0.3) is 0 Å². The standard InChI is InChI=1S/C29H41N7O3S/c1-19(2)23-5-6-26(36-17-21(20(36)3)18-40(4,37)38)25-16-32-28(15-24(23)25)33-27-7-11-31-29(34-27)35-12-8-22(9-13-35)39-14-10-30/h5-7,11,15-16,19-22H,8-10,12-14,17-18,30H2,1-4H3,(H,31,32,33,34)/t20-,21-/m1/s1. The molecule has 2 fully saturated rings. The highest BCUT2D eigenvalue weighted by molar-refractivity contribution is 7.90. The average molecular weight is 568 g/mol. The molecule has 2 aromatic heterocycles. The second kappa shape index (κ2) is 11.8. The molecule has 2 atom stereocenters. The van der Waals surface area contributed by atoms with Gasteiger partial charge in [-0.05, 0) is 54.8 Å². The number of ether oxygens (including phenoxy) is 1. The molecule has 3 N–H and O–H groups in total. The lowest BCUT2D eigenvalue weighted by molar-refractivity contribution is 0.0420. The van der Waals surface area contributed by atoms with Crippen molar-refractivity contribution in [1.82, 2.24) is 15.0 Å². The first-order valence-electron chi connectivity index (χ1n) is 14.2. The molecule has 4 heterocycles. The predicted octanol–water partition coefficient (Wildman–Crippen LogP) is 3.71. The molecule has 2 aliphatic heterocycles. The molecule has 0 amide bonds. The first-order chi connectivity index (χ1) is 19.1. The van der Waals surface area contributed by atoms with E-state index in [2.05, 4.69) is 59.1 Å². The van der Waals surface area contributed by atoms with Crippen LogP contribution in [0.5, 0.6) is 0 Å². The summed E-state index contributed by atoms with van der Waals surface area (Å²) in [5.41, 5.74) is 7.91. The number of nitrogens with two attached hydrogens (primary N) is 1. The number of sulfone groups is 1. The molecule has 1 aromatic carbocycles. The van der Waals surface area contributed by atoms with Gasteiger partial charge in [-0.15, -0.1) is 0 Å². The van der Waals surface area contributed by atoms with E-state index < -0.39 is 9.84 Å². The summed E-state index contributed by atoms with van der Waals surface area (Å²) >= 11 is 0. The van der Waals surface area contributed by atoms with Gasteiger partial charge < -0.3 is 25.6 Å². The molecule has 0 aliphatic carbocycles. The van der Waals surface area contributed by atoms with Crippen LogP contribution < -0.4 is 20.9 Å². The van der Waals surface area contributed by atoms with Gasteiger partial charge in [-0.3, -0.25) is 0 Å². The van der Waals surface area contributed by atoms with Crippen molar-refractivity contribution in [3.05, 3.63) is 42.2 Å². The number of piperidine rings is 1. The van der Waals surface area contributed by atoms with E-state index in [1.807, 2.05) is 12.3 Å². The lowest BCUT2D eigenvalue weighted by Crippen LogP contribution is -2.57. The van der Waals surface area contributed by atoms with E-state index in [9.17, 15) is 8.42 Å². The van der Waals surface area contributed by atoms with E-state index in [0.29, 0.717) is 30.8 Å². The average Bonchev–Trinajstić information content (AvgIpc) is 2.93. The van der Waals surface area contributed by atoms with Gasteiger partial charge in [-0.25, -0.2) is 18.4 Å². The molecule has 3 aromatic rings. The van der Waals surface area contributed by atoms with Gasteiger partial charge in [-0.2, -0.15) is 4.98 Å². The molecule has 0 unspecified atom stereocenters. The number of benzene rings is 1. The summed E-state index contributed by atoms with van der Waals surface area (Å²) in [6.45, 7) is 10.0. The molecule has 0 bridgehead atoms. The van der Waals surface area contributed by atoms with Crippen molar-refractivity contribution in [2.45, 2.75) is 51.7 Å². The normalized spacial score (nSPS) is 20.2. The summed E-state index contributed by atoms with van der Waals surface area (Å²) in [7, 11) is -3.01. The molecule has 0 spiro atoms. The van der Waals surface area contributed by atoms with Gasteiger partial charge in [0.15, 0.2) is 0 Å². The van der Waals surface area contributed by atoms with Gasteiger partial charge in [0.1, 0.15) is 21.5 Å². The van der Waals surface area contributed by atoms with Crippen LogP contribution in [0.25, 0.3) is 10.8 Å². The fourth-order valence-corrected chi connectivity index (χ4v) is 6.98. The molecule has 2 aliphatic rings. The number of hydrogen-bond acceptors (Lipinski definition) is 10. The van der Waals surface area contributed by atoms with Crippen molar-refractivity contribution in [3.8, 4) is 0 Å². The van der Waals surface area contributed by atoms with Crippen LogP contribution in [0.2, 0.25) is 0 Å². The lowest BCUT2D eigenvalue weighted by atomic mass is 9.88. The third kappa shape index (κ3) is 6.31. The largest absolute Gasteiger partial charge is 0.377 e. The number of nitrogens with one attached hydrogen (secondary N) is 1. The van der Waals surface area contributed by atoms with Gasteiger partial charge >= 0.3 is 0 Å². The van der Waals surface area contributed by atoms with Crippen LogP contribution in [0.15, 0.2) is 36.7 Å². The summed E-state index contributed by atoms with van der Waals surface area (Å²) in [5, 5.41) is 5.60. The van der Waals surface area contributed by atoms with Gasteiger partial charge in [0, 0.05) is 67.9 Å². The van der Waals surface area contributed by atoms with E-state index >= 15 is 0 Å². The predicted molar refractivity (Wildman–Crippen MR) is 161 cm³/mol. The number of nitrogens with zero attached hydrogens (tertiary/aromatic N) is 5. The minimum atomic E-state index is -3.01. The minimum Gasteiger partial charge on any atom is -0.377 e. The Morgan fingerprint density at radius 2 is 1.90 bits per heavy atom. The molecule has 11 heteroatoms. The van der Waals surface area contributed by atoms with E-state index in [1.165, 1.54) is 11.8 Å². The Morgan fingerprint density at radius 3 is 2.58 bits per heavy atom. The highest BCUT2D eigenvalue weighted by Gasteiger charge is 2.38. The Labute approximate surface area is 237 Å². The molecular formula is C29H41N7O3S. The monoisotopic (exact) mass is 567 g/mol. The highest BCUT2D eigenvalue weighted by Crippen LogP contribution is 2.39. The molecule has 2 saturated heterocycles. The van der Waals surface area contributed by atoms with Crippen molar-refractivity contribution in [2.24, 2.45) is 11.7 Å². The van der Waals surface area contributed by atoms with Crippen molar-refractivity contribution < 1.29 is 13.2 Å². The van der Waals surface area contributed by atoms with Crippen LogP contribution in [-0.2, 0) is 14.6 Å². The summed E-state index contributed by atoms with van der Waals surface area (Å²) < 4.78 is 29.5. The summed E-state index contributed by atoms with van der Waals surface area (Å²) in [5.74, 6) is 2.81. The smallest absolute Gasteiger partial charge is 0.227 e. The van der Waals surface area contributed by atoms with Crippen LogP contribution in [0.3, 0.4) is 0 Å². The van der Waals surface area contributed by atoms with Crippen LogP contribution in [0.1, 0.15) is 45.1 Å². The molecule has 5 rings (SSSR count). The zero-order valence-corrected chi connectivity index (χ0v) is 24.7. The van der Waals surface area contributed by atoms with Crippen LogP contribution in [0, 0.1) is 5.92 Å². The Kier molecular flexibility index (Phi) is 8.44. The Balaban J connectivity index is 1.35. The molecule has 0 radical (unpaired) electrons. The zero-order chi connectivity index (χ0) is 28.4. The van der Waals surface area contributed by atoms with E-state index in [4.69, 9.17) is 20.4 Å². The second-order valence-corrected chi connectivity index (χ2v) is 13.6. The molecule has 10 nitrogen and oxygen atoms in total. The summed E-state index contributed by atoms with van der Waals surface area (Å²) in [6, 6.07) is 8.44. The third-order valence-electron chi connectivity index (χ3n) is 8.06. The fraction of sp³-hybridized carbons (Fsp3) is 0.552. The molecular weight excluding hydrogens is 526 g/mol. The SMILES string of the molecule is CC(C)c1ccc(N2C[C@H](CS(C)(=O)=O)[C@H]2C)c2cnc(Nc3ccnc(N4CCC(OCCN)CC4)n3)cc12. The number of fused-ring (bicyclic) bond motifs is 1. The number of hydrogen-bond donors (Lipinski definition) is 2. The third-order valence-corrected chi connectivity index (χ3v) is 9.09. The van der Waals surface area contributed by atoms with Crippen LogP contribution in [0.4, 0.5) is 23.3 Å². The molecule has 216 valence electrons. The first-order valence-corrected chi connectivity index (χ1v) is 16.2. The van der Waals surface area contributed by atoms with Gasteiger partial charge in [-0.1, -0.05) is 19.9 Å². The fourth-order valence-electron chi connectivity index (χ4n) is 5.81. The molecule has 40 heavy (non-hydrogen) atoms. The van der Waals surface area contributed by atoms with Crippen LogP contribution in [-0.4, -0.2) is 80.3 Å². The van der Waals surface area contributed by atoms with Crippen molar-refractivity contribution in [3.63, 3.8) is 0 Å². The first kappa shape index (κ1) is 28.5. The molecule has 0 saturated carbocycles. The minimum absolute atomic E-state index is 0.139. The van der Waals surface area contributed by atoms with Gasteiger partial charge in [0.2, 0.25) is 5.95 Å². The Hall–Kier alpha value is -3.02. The van der Waals surface area contributed by atoms with Crippen LogP contribution >= 0.6 is 0 Å². The maximum Gasteiger partial charge on any atom is 0.227 e. The number of rotatable bonds is 10. The Bertz CT molecular complexity index is 1440. The second-order valence-electron chi connectivity index (χ2n) is 11.4. The number of pyridine rings is 1. The lowest BCUT2D eigenvalue weighted by Gasteiger charge is -2.48. The number of aromatic nitrogens is 3. The quantitative estimate of drug-likeness (QED) is 0.374. The van der Waals surface area contributed by atoms with Gasteiger partial charge in [0.05, 0.1) is 18.5 Å². The van der Waals surface area contributed by atoms with Crippen molar-refractivity contribution in [1.29, 1.82) is 0 Å². The maximum atomic E-state index is 11.8. The van der Waals surface area contributed by atoms with E-state index in [-0.39, 0.29) is 23.8 Å². The number of anilines is 4. The maximum absolute atomic E-state index is 11.8. The van der Waals surface area contributed by atoms with E-state index in [0.717, 1.165) is 54.8 Å². The summed E-state index contributed by atoms with van der Waals surface area (Å²) in [4.78, 5) is 18.5. The Morgan fingerprint density at radius 1 is 1.12 bits per heavy atom. The van der Waals surface area contributed by atoms with E-state index in [1.54, 1.807) is 6.20 Å². The van der Waals surface area contributed by atoms with Crippen molar-refractivity contribution in [2.75, 3.05) is 59.9 Å². The zero-order valence-electron chi connectivity index (χ0n) is 23.9. The topological polar surface area (TPSA) is 127 Å². The highest BCUT2D eigenvalue weighted by atomic mass is 32.2.